The maximum Gasteiger partial charge on any atom is 0.295 e. The predicted octanol–water partition coefficient (Wildman–Crippen LogP) is 0.860. The Morgan fingerprint density at radius 2 is 2.08 bits per heavy atom. The lowest BCUT2D eigenvalue weighted by molar-refractivity contribution is 0.0757. The number of hydrogen-bond acceptors (Lipinski definition) is 4. The molecule has 0 atom stereocenters. The van der Waals surface area contributed by atoms with Crippen molar-refractivity contribution in [2.75, 3.05) is 13.1 Å². The van der Waals surface area contributed by atoms with Gasteiger partial charge in [-0.3, -0.25) is 4.79 Å². The Kier molecular flexibility index (Phi) is 3.00. The molecule has 0 radical (unpaired) electrons. The van der Waals surface area contributed by atoms with Gasteiger partial charge in [-0.05, 0) is 13.8 Å². The molecule has 1 amide bonds. The molecule has 0 aliphatic rings. The quantitative estimate of drug-likeness (QED) is 0.697. The van der Waals surface area contributed by atoms with E-state index >= 15 is 0 Å². The first kappa shape index (κ1) is 9.70. The van der Waals surface area contributed by atoms with Gasteiger partial charge in [-0.2, -0.15) is 4.98 Å². The van der Waals surface area contributed by atoms with Gasteiger partial charge in [0.25, 0.3) is 11.7 Å². The summed E-state index contributed by atoms with van der Waals surface area (Å²) in [5.74, 6) is 0.374. The molecule has 0 saturated carbocycles. The summed E-state index contributed by atoms with van der Waals surface area (Å²) in [5, 5.41) is 3.56. The van der Waals surface area contributed by atoms with Crippen LogP contribution in [0.1, 0.15) is 30.4 Å². The SMILES string of the molecule is CCN(CC)C(=O)c1noc(C)n1. The standard InChI is InChI=1S/C8H13N3O2/c1-4-11(5-2)8(12)7-9-6(3)13-10-7/h4-5H2,1-3H3. The number of rotatable bonds is 3. The monoisotopic (exact) mass is 183 g/mol. The van der Waals surface area contributed by atoms with E-state index in [1.807, 2.05) is 13.8 Å². The third-order valence-corrected chi connectivity index (χ3v) is 1.77. The second-order valence-corrected chi connectivity index (χ2v) is 2.61. The highest BCUT2D eigenvalue weighted by Crippen LogP contribution is 2.00. The Morgan fingerprint density at radius 1 is 1.46 bits per heavy atom. The number of carbonyl (C=O) groups excluding carboxylic acids is 1. The molecule has 0 saturated heterocycles. The fourth-order valence-corrected chi connectivity index (χ4v) is 1.04. The number of nitrogens with zero attached hydrogens (tertiary/aromatic N) is 3. The first-order valence-corrected chi connectivity index (χ1v) is 4.28. The molecule has 0 bridgehead atoms. The molecular formula is C8H13N3O2. The van der Waals surface area contributed by atoms with Gasteiger partial charge in [-0.25, -0.2) is 0 Å². The molecule has 1 heterocycles. The largest absolute Gasteiger partial charge is 0.339 e. The van der Waals surface area contributed by atoms with E-state index in [9.17, 15) is 4.79 Å². The second-order valence-electron chi connectivity index (χ2n) is 2.61. The molecule has 13 heavy (non-hydrogen) atoms. The number of hydrogen-bond donors (Lipinski definition) is 0. The van der Waals surface area contributed by atoms with Crippen LogP contribution < -0.4 is 0 Å². The van der Waals surface area contributed by atoms with Crippen LogP contribution in [0.5, 0.6) is 0 Å². The van der Waals surface area contributed by atoms with Crippen molar-refractivity contribution >= 4 is 5.91 Å². The molecule has 1 aromatic heterocycles. The summed E-state index contributed by atoms with van der Waals surface area (Å²) in [5.41, 5.74) is 0. The average molecular weight is 183 g/mol. The summed E-state index contributed by atoms with van der Waals surface area (Å²) in [6.07, 6.45) is 0. The number of aromatic nitrogens is 2. The average Bonchev–Trinajstić information content (AvgIpc) is 2.54. The van der Waals surface area contributed by atoms with E-state index in [0.717, 1.165) is 0 Å². The molecule has 5 heteroatoms. The molecule has 5 nitrogen and oxygen atoms in total. The number of aryl methyl sites for hydroxylation is 1. The lowest BCUT2D eigenvalue weighted by Crippen LogP contribution is -2.31. The van der Waals surface area contributed by atoms with E-state index in [-0.39, 0.29) is 11.7 Å². The van der Waals surface area contributed by atoms with Gasteiger partial charge < -0.3 is 9.42 Å². The van der Waals surface area contributed by atoms with Crippen molar-refractivity contribution in [3.63, 3.8) is 0 Å². The zero-order valence-electron chi connectivity index (χ0n) is 8.07. The molecule has 0 spiro atoms. The van der Waals surface area contributed by atoms with Crippen molar-refractivity contribution < 1.29 is 9.32 Å². The predicted molar refractivity (Wildman–Crippen MR) is 46.3 cm³/mol. The van der Waals surface area contributed by atoms with Gasteiger partial charge in [0.2, 0.25) is 5.89 Å². The van der Waals surface area contributed by atoms with Gasteiger partial charge in [0, 0.05) is 20.0 Å². The van der Waals surface area contributed by atoms with Crippen LogP contribution in [0.15, 0.2) is 4.52 Å². The molecular weight excluding hydrogens is 170 g/mol. The van der Waals surface area contributed by atoms with E-state index in [1.54, 1.807) is 11.8 Å². The molecule has 0 aliphatic carbocycles. The highest BCUT2D eigenvalue weighted by atomic mass is 16.5. The van der Waals surface area contributed by atoms with Crippen molar-refractivity contribution in [1.82, 2.24) is 15.0 Å². The fourth-order valence-electron chi connectivity index (χ4n) is 1.04. The van der Waals surface area contributed by atoms with Crippen LogP contribution in [0.25, 0.3) is 0 Å². The van der Waals surface area contributed by atoms with Gasteiger partial charge in [0.15, 0.2) is 0 Å². The Morgan fingerprint density at radius 3 is 2.46 bits per heavy atom. The van der Waals surface area contributed by atoms with Crippen molar-refractivity contribution in [3.05, 3.63) is 11.7 Å². The molecule has 1 aromatic rings. The first-order valence-electron chi connectivity index (χ1n) is 4.28. The van der Waals surface area contributed by atoms with Gasteiger partial charge in [0.1, 0.15) is 0 Å². The number of amides is 1. The summed E-state index contributed by atoms with van der Waals surface area (Å²) >= 11 is 0. The van der Waals surface area contributed by atoms with E-state index in [0.29, 0.717) is 19.0 Å². The Hall–Kier alpha value is -1.39. The zero-order valence-corrected chi connectivity index (χ0v) is 8.07. The van der Waals surface area contributed by atoms with Crippen molar-refractivity contribution in [2.24, 2.45) is 0 Å². The minimum Gasteiger partial charge on any atom is -0.339 e. The third-order valence-electron chi connectivity index (χ3n) is 1.77. The van der Waals surface area contributed by atoms with Crippen LogP contribution in [0.3, 0.4) is 0 Å². The number of carbonyl (C=O) groups is 1. The topological polar surface area (TPSA) is 59.2 Å². The van der Waals surface area contributed by atoms with Crippen LogP contribution in [0.4, 0.5) is 0 Å². The molecule has 0 aliphatic heterocycles. The Labute approximate surface area is 76.7 Å². The van der Waals surface area contributed by atoms with Gasteiger partial charge in [0.05, 0.1) is 0 Å². The minimum absolute atomic E-state index is 0.140. The van der Waals surface area contributed by atoms with E-state index < -0.39 is 0 Å². The summed E-state index contributed by atoms with van der Waals surface area (Å²) in [4.78, 5) is 17.1. The van der Waals surface area contributed by atoms with Gasteiger partial charge >= 0.3 is 0 Å². The van der Waals surface area contributed by atoms with Crippen LogP contribution in [-0.2, 0) is 0 Å². The highest BCUT2D eigenvalue weighted by Gasteiger charge is 2.17. The lowest BCUT2D eigenvalue weighted by Gasteiger charge is -2.15. The lowest BCUT2D eigenvalue weighted by atomic mass is 10.4. The van der Waals surface area contributed by atoms with E-state index in [4.69, 9.17) is 4.52 Å². The molecule has 0 N–H and O–H groups in total. The third kappa shape index (κ3) is 2.05. The van der Waals surface area contributed by atoms with Crippen molar-refractivity contribution in [1.29, 1.82) is 0 Å². The molecule has 0 unspecified atom stereocenters. The van der Waals surface area contributed by atoms with Gasteiger partial charge in [-0.15, -0.1) is 0 Å². The van der Waals surface area contributed by atoms with Crippen molar-refractivity contribution in [3.8, 4) is 0 Å². The van der Waals surface area contributed by atoms with Crippen LogP contribution in [-0.4, -0.2) is 34.0 Å². The summed E-state index contributed by atoms with van der Waals surface area (Å²) in [6, 6.07) is 0. The molecule has 72 valence electrons. The Bertz CT molecular complexity index is 291. The Balaban J connectivity index is 2.78. The minimum atomic E-state index is -0.179. The smallest absolute Gasteiger partial charge is 0.295 e. The normalized spacial score (nSPS) is 10.1. The first-order chi connectivity index (χ1) is 6.19. The zero-order chi connectivity index (χ0) is 9.84. The molecule has 0 fully saturated rings. The van der Waals surface area contributed by atoms with Crippen LogP contribution in [0.2, 0.25) is 0 Å². The molecule has 0 aromatic carbocycles. The van der Waals surface area contributed by atoms with Crippen molar-refractivity contribution in [2.45, 2.75) is 20.8 Å². The van der Waals surface area contributed by atoms with E-state index in [1.165, 1.54) is 0 Å². The van der Waals surface area contributed by atoms with Crippen LogP contribution >= 0.6 is 0 Å². The summed E-state index contributed by atoms with van der Waals surface area (Å²) < 4.78 is 4.72. The van der Waals surface area contributed by atoms with Crippen LogP contribution in [0, 0.1) is 6.92 Å². The second kappa shape index (κ2) is 4.02. The summed E-state index contributed by atoms with van der Waals surface area (Å²) in [6.45, 7) is 6.79. The van der Waals surface area contributed by atoms with Gasteiger partial charge in [-0.1, -0.05) is 5.16 Å². The fraction of sp³-hybridized carbons (Fsp3) is 0.625. The highest BCUT2D eigenvalue weighted by molar-refractivity contribution is 5.90. The summed E-state index contributed by atoms with van der Waals surface area (Å²) in [7, 11) is 0. The van der Waals surface area contributed by atoms with E-state index in [2.05, 4.69) is 10.1 Å². The molecule has 1 rings (SSSR count). The maximum absolute atomic E-state index is 11.6. The maximum atomic E-state index is 11.6.